The lowest BCUT2D eigenvalue weighted by Gasteiger charge is -2.03. The number of thiocarbonyl (C=S) groups is 1. The quantitative estimate of drug-likeness (QED) is 0.669. The van der Waals surface area contributed by atoms with Gasteiger partial charge in [0, 0.05) is 10.4 Å². The average Bonchev–Trinajstić information content (AvgIpc) is 2.08. The third kappa shape index (κ3) is 2.29. The van der Waals surface area contributed by atoms with Gasteiger partial charge in [0.15, 0.2) is 0 Å². The van der Waals surface area contributed by atoms with Gasteiger partial charge >= 0.3 is 0 Å². The fourth-order valence-electron chi connectivity index (χ4n) is 1.17. The zero-order chi connectivity index (χ0) is 8.97. The van der Waals surface area contributed by atoms with Crippen molar-refractivity contribution < 1.29 is 0 Å². The number of hydrogen-bond donors (Lipinski definition) is 0. The second-order valence-corrected chi connectivity index (χ2v) is 3.38. The smallest absolute Gasteiger partial charge is 0.0412 e. The topological polar surface area (TPSA) is 0 Å². The maximum absolute atomic E-state index is 5.83. The van der Waals surface area contributed by atoms with E-state index in [1.54, 1.807) is 5.37 Å². The van der Waals surface area contributed by atoms with E-state index >= 15 is 0 Å². The summed E-state index contributed by atoms with van der Waals surface area (Å²) in [5.74, 6) is 0. The number of halogens is 1. The Morgan fingerprint density at radius 1 is 1.50 bits per heavy atom. The first kappa shape index (κ1) is 9.69. The molecule has 0 radical (unpaired) electrons. The van der Waals surface area contributed by atoms with Crippen LogP contribution in [0.4, 0.5) is 0 Å². The van der Waals surface area contributed by atoms with Crippen LogP contribution >= 0.6 is 23.8 Å². The molecule has 0 aliphatic heterocycles. The van der Waals surface area contributed by atoms with E-state index in [0.29, 0.717) is 0 Å². The second-order valence-electron chi connectivity index (χ2n) is 2.71. The van der Waals surface area contributed by atoms with Gasteiger partial charge in [0.2, 0.25) is 0 Å². The Kier molecular flexibility index (Phi) is 3.70. The molecule has 1 rings (SSSR count). The van der Waals surface area contributed by atoms with E-state index in [1.165, 1.54) is 5.56 Å². The Labute approximate surface area is 83.6 Å². The first-order valence-electron chi connectivity index (χ1n) is 4.01. The van der Waals surface area contributed by atoms with Crippen LogP contribution in [0.5, 0.6) is 0 Å². The third-order valence-electron chi connectivity index (χ3n) is 1.75. The molecule has 0 bridgehead atoms. The molecule has 0 nitrogen and oxygen atoms in total. The highest BCUT2D eigenvalue weighted by Crippen LogP contribution is 2.15. The van der Waals surface area contributed by atoms with Crippen LogP contribution in [0.1, 0.15) is 24.5 Å². The third-order valence-corrected chi connectivity index (χ3v) is 2.24. The Bertz CT molecular complexity index is 281. The molecule has 1 aromatic rings. The van der Waals surface area contributed by atoms with Gasteiger partial charge in [0.25, 0.3) is 0 Å². The van der Waals surface area contributed by atoms with Gasteiger partial charge in [-0.2, -0.15) is 0 Å². The molecule has 2 heteroatoms. The van der Waals surface area contributed by atoms with Crippen LogP contribution in [0.2, 0.25) is 5.02 Å². The molecule has 0 N–H and O–H groups in total. The fraction of sp³-hybridized carbons (Fsp3) is 0.300. The molecular formula is C10H11ClS. The summed E-state index contributed by atoms with van der Waals surface area (Å²) in [7, 11) is 0. The van der Waals surface area contributed by atoms with E-state index in [0.717, 1.165) is 23.4 Å². The van der Waals surface area contributed by atoms with E-state index in [9.17, 15) is 0 Å². The standard InChI is InChI=1S/C10H11ClS/c1-2-3-8-4-5-10(11)6-9(8)7-12/h4-7H,2-3H2,1H3. The van der Waals surface area contributed by atoms with Crippen LogP contribution in [0.15, 0.2) is 18.2 Å². The van der Waals surface area contributed by atoms with Gasteiger partial charge in [0.05, 0.1) is 0 Å². The van der Waals surface area contributed by atoms with Crippen molar-refractivity contribution in [2.75, 3.05) is 0 Å². The lowest BCUT2D eigenvalue weighted by atomic mass is 10.0. The monoisotopic (exact) mass is 198 g/mol. The average molecular weight is 199 g/mol. The zero-order valence-electron chi connectivity index (χ0n) is 7.01. The Morgan fingerprint density at radius 2 is 2.25 bits per heavy atom. The summed E-state index contributed by atoms with van der Waals surface area (Å²) in [6, 6.07) is 5.87. The van der Waals surface area contributed by atoms with Crippen molar-refractivity contribution in [2.24, 2.45) is 0 Å². The maximum Gasteiger partial charge on any atom is 0.0412 e. The Hall–Kier alpha value is -0.400. The van der Waals surface area contributed by atoms with Crippen LogP contribution < -0.4 is 0 Å². The SMILES string of the molecule is CCCc1ccc(Cl)cc1C=S. The summed E-state index contributed by atoms with van der Waals surface area (Å²) in [6.45, 7) is 2.15. The van der Waals surface area contributed by atoms with Crippen LogP contribution in [-0.2, 0) is 6.42 Å². The van der Waals surface area contributed by atoms with Crippen LogP contribution in [0.3, 0.4) is 0 Å². The molecule has 12 heavy (non-hydrogen) atoms. The van der Waals surface area contributed by atoms with E-state index in [2.05, 4.69) is 6.92 Å². The minimum absolute atomic E-state index is 0.756. The van der Waals surface area contributed by atoms with Crippen molar-refractivity contribution in [1.82, 2.24) is 0 Å². The minimum atomic E-state index is 0.756. The molecule has 64 valence electrons. The first-order valence-corrected chi connectivity index (χ1v) is 4.86. The van der Waals surface area contributed by atoms with E-state index < -0.39 is 0 Å². The summed E-state index contributed by atoms with van der Waals surface area (Å²) in [6.07, 6.45) is 2.21. The molecule has 0 fully saturated rings. The molecule has 0 spiro atoms. The van der Waals surface area contributed by atoms with E-state index in [-0.39, 0.29) is 0 Å². The molecule has 0 unspecified atom stereocenters. The summed E-state index contributed by atoms with van der Waals surface area (Å²) < 4.78 is 0. The molecule has 0 heterocycles. The van der Waals surface area contributed by atoms with Crippen molar-refractivity contribution in [2.45, 2.75) is 19.8 Å². The Balaban J connectivity index is 3.02. The molecule has 0 aliphatic carbocycles. The molecule has 0 aliphatic rings. The van der Waals surface area contributed by atoms with E-state index in [4.69, 9.17) is 23.8 Å². The minimum Gasteiger partial charge on any atom is -0.0881 e. The highest BCUT2D eigenvalue weighted by Gasteiger charge is 1.98. The highest BCUT2D eigenvalue weighted by atomic mass is 35.5. The van der Waals surface area contributed by atoms with Crippen LogP contribution in [0, 0.1) is 0 Å². The van der Waals surface area contributed by atoms with Gasteiger partial charge in [-0.1, -0.05) is 43.2 Å². The molecule has 1 aromatic carbocycles. The summed E-state index contributed by atoms with van der Waals surface area (Å²) in [4.78, 5) is 0. The van der Waals surface area contributed by atoms with Gasteiger partial charge in [-0.05, 0) is 29.7 Å². The van der Waals surface area contributed by atoms with Crippen molar-refractivity contribution in [3.05, 3.63) is 34.3 Å². The van der Waals surface area contributed by atoms with Gasteiger partial charge < -0.3 is 0 Å². The molecule has 0 atom stereocenters. The predicted octanol–water partition coefficient (Wildman–Crippen LogP) is 3.64. The summed E-state index contributed by atoms with van der Waals surface area (Å²) in [5.41, 5.74) is 2.37. The maximum atomic E-state index is 5.83. The second kappa shape index (κ2) is 4.58. The van der Waals surface area contributed by atoms with Crippen molar-refractivity contribution in [3.63, 3.8) is 0 Å². The summed E-state index contributed by atoms with van der Waals surface area (Å²) in [5, 5.41) is 2.45. The van der Waals surface area contributed by atoms with Crippen molar-refractivity contribution in [1.29, 1.82) is 0 Å². The lowest BCUT2D eigenvalue weighted by Crippen LogP contribution is -1.90. The number of aryl methyl sites for hydroxylation is 1. The number of hydrogen-bond acceptors (Lipinski definition) is 1. The van der Waals surface area contributed by atoms with Crippen LogP contribution in [-0.4, -0.2) is 5.37 Å². The summed E-state index contributed by atoms with van der Waals surface area (Å²) >= 11 is 10.7. The molecule has 0 saturated heterocycles. The largest absolute Gasteiger partial charge is 0.0881 e. The number of benzene rings is 1. The fourth-order valence-corrected chi connectivity index (χ4v) is 1.57. The van der Waals surface area contributed by atoms with Crippen molar-refractivity contribution >= 4 is 29.2 Å². The normalized spacial score (nSPS) is 9.83. The molecule has 0 aromatic heterocycles. The molecule has 0 saturated carbocycles. The molecule has 0 amide bonds. The zero-order valence-corrected chi connectivity index (χ0v) is 8.58. The number of rotatable bonds is 3. The van der Waals surface area contributed by atoms with Gasteiger partial charge in [0.1, 0.15) is 0 Å². The van der Waals surface area contributed by atoms with Gasteiger partial charge in [-0.3, -0.25) is 0 Å². The van der Waals surface area contributed by atoms with Gasteiger partial charge in [-0.15, -0.1) is 0 Å². The van der Waals surface area contributed by atoms with Crippen molar-refractivity contribution in [3.8, 4) is 0 Å². The van der Waals surface area contributed by atoms with Gasteiger partial charge in [-0.25, -0.2) is 0 Å². The first-order chi connectivity index (χ1) is 5.77. The Morgan fingerprint density at radius 3 is 2.83 bits per heavy atom. The lowest BCUT2D eigenvalue weighted by molar-refractivity contribution is 0.921. The molecular weight excluding hydrogens is 188 g/mol. The predicted molar refractivity (Wildman–Crippen MR) is 58.2 cm³/mol. The van der Waals surface area contributed by atoms with Crippen LogP contribution in [0.25, 0.3) is 0 Å². The van der Waals surface area contributed by atoms with E-state index in [1.807, 2.05) is 18.2 Å². The highest BCUT2D eigenvalue weighted by molar-refractivity contribution is 7.79.